The summed E-state index contributed by atoms with van der Waals surface area (Å²) in [6, 6.07) is 0. The van der Waals surface area contributed by atoms with E-state index in [4.69, 9.17) is 11.6 Å². The third kappa shape index (κ3) is 2.06. The Balaban J connectivity index is 2.68. The van der Waals surface area contributed by atoms with E-state index in [1.54, 1.807) is 0 Å². The predicted molar refractivity (Wildman–Crippen MR) is 42.8 cm³/mol. The highest BCUT2D eigenvalue weighted by atomic mass is 35.5. The van der Waals surface area contributed by atoms with Crippen LogP contribution in [0.15, 0.2) is 12.2 Å². The van der Waals surface area contributed by atoms with E-state index in [1.165, 1.54) is 6.92 Å². The van der Waals surface area contributed by atoms with Crippen molar-refractivity contribution in [3.8, 4) is 0 Å². The monoisotopic (exact) mass is 203 g/mol. The van der Waals surface area contributed by atoms with E-state index >= 15 is 0 Å². The van der Waals surface area contributed by atoms with Gasteiger partial charge in [-0.2, -0.15) is 4.90 Å². The summed E-state index contributed by atoms with van der Waals surface area (Å²) < 4.78 is 4.45. The van der Waals surface area contributed by atoms with Crippen molar-refractivity contribution < 1.29 is 19.1 Å². The quantitative estimate of drug-likeness (QED) is 0.463. The van der Waals surface area contributed by atoms with Gasteiger partial charge in [0.15, 0.2) is 5.56 Å². The average Bonchev–Trinajstić information content (AvgIpc) is 2.29. The number of carbonyl (C=O) groups excluding carboxylic acids is 3. The van der Waals surface area contributed by atoms with Crippen molar-refractivity contribution in [2.24, 2.45) is 0 Å². The SMILES string of the molecule is CC(Cl)OC(=O)N1C(=O)C=CC1=O. The Morgan fingerprint density at radius 2 is 1.92 bits per heavy atom. The average molecular weight is 204 g/mol. The topological polar surface area (TPSA) is 63.7 Å². The van der Waals surface area contributed by atoms with Crippen LogP contribution < -0.4 is 0 Å². The summed E-state index contributed by atoms with van der Waals surface area (Å²) in [5, 5.41) is 0. The lowest BCUT2D eigenvalue weighted by Gasteiger charge is -2.12. The molecule has 6 heteroatoms. The fourth-order valence-corrected chi connectivity index (χ4v) is 0.848. The Morgan fingerprint density at radius 1 is 1.46 bits per heavy atom. The van der Waals surface area contributed by atoms with Crippen LogP contribution in [0.3, 0.4) is 0 Å². The van der Waals surface area contributed by atoms with Crippen molar-refractivity contribution in [3.05, 3.63) is 12.2 Å². The Kier molecular flexibility index (Phi) is 2.67. The second-order valence-corrected chi connectivity index (χ2v) is 2.89. The molecule has 0 saturated carbocycles. The molecule has 1 aliphatic heterocycles. The van der Waals surface area contributed by atoms with Crippen molar-refractivity contribution in [1.82, 2.24) is 4.90 Å². The van der Waals surface area contributed by atoms with Gasteiger partial charge in [0.05, 0.1) is 0 Å². The Labute approximate surface area is 78.9 Å². The molecule has 5 nitrogen and oxygen atoms in total. The molecule has 0 fully saturated rings. The van der Waals surface area contributed by atoms with Crippen molar-refractivity contribution >= 4 is 29.5 Å². The third-order valence-electron chi connectivity index (χ3n) is 1.26. The molecular weight excluding hydrogens is 198 g/mol. The number of amides is 3. The number of nitrogens with zero attached hydrogens (tertiary/aromatic N) is 1. The lowest BCUT2D eigenvalue weighted by Crippen LogP contribution is -2.37. The Bertz CT molecular complexity index is 279. The van der Waals surface area contributed by atoms with E-state index < -0.39 is 23.5 Å². The third-order valence-corrected chi connectivity index (χ3v) is 1.34. The second kappa shape index (κ2) is 3.57. The maximum absolute atomic E-state index is 11.0. The molecule has 1 rings (SSSR count). The van der Waals surface area contributed by atoms with Crippen molar-refractivity contribution in [2.75, 3.05) is 0 Å². The molecule has 0 N–H and O–H groups in total. The molecular formula is C7H6ClNO4. The maximum Gasteiger partial charge on any atom is 0.425 e. The van der Waals surface area contributed by atoms with Crippen molar-refractivity contribution in [2.45, 2.75) is 12.5 Å². The predicted octanol–water partition coefficient (Wildman–Crippen LogP) is 0.633. The van der Waals surface area contributed by atoms with Crippen molar-refractivity contribution in [1.29, 1.82) is 0 Å². The molecule has 1 atom stereocenters. The minimum Gasteiger partial charge on any atom is -0.429 e. The lowest BCUT2D eigenvalue weighted by molar-refractivity contribution is -0.134. The standard InChI is InChI=1S/C7H6ClNO4/c1-4(8)13-7(12)9-5(10)2-3-6(9)11/h2-4H,1H3. The van der Waals surface area contributed by atoms with Crippen LogP contribution in [-0.4, -0.2) is 28.4 Å². The van der Waals surface area contributed by atoms with E-state index in [0.717, 1.165) is 12.2 Å². The van der Waals surface area contributed by atoms with Gasteiger partial charge in [-0.1, -0.05) is 11.6 Å². The van der Waals surface area contributed by atoms with Gasteiger partial charge in [-0.15, -0.1) is 0 Å². The Morgan fingerprint density at radius 3 is 2.31 bits per heavy atom. The molecule has 0 saturated heterocycles. The van der Waals surface area contributed by atoms with Gasteiger partial charge in [-0.3, -0.25) is 9.59 Å². The normalized spacial score (nSPS) is 17.8. The van der Waals surface area contributed by atoms with Gasteiger partial charge in [0, 0.05) is 12.2 Å². The minimum atomic E-state index is -1.05. The van der Waals surface area contributed by atoms with Crippen molar-refractivity contribution in [3.63, 3.8) is 0 Å². The van der Waals surface area contributed by atoms with Gasteiger partial charge in [0.2, 0.25) is 0 Å². The molecule has 3 amide bonds. The number of ether oxygens (including phenoxy) is 1. The van der Waals surface area contributed by atoms with Gasteiger partial charge in [-0.25, -0.2) is 4.79 Å². The van der Waals surface area contributed by atoms with Crippen LogP contribution in [0.4, 0.5) is 4.79 Å². The highest BCUT2D eigenvalue weighted by Gasteiger charge is 2.32. The van der Waals surface area contributed by atoms with E-state index in [0.29, 0.717) is 4.90 Å². The molecule has 0 aliphatic carbocycles. The van der Waals surface area contributed by atoms with E-state index in [2.05, 4.69) is 4.74 Å². The zero-order valence-electron chi connectivity index (χ0n) is 6.69. The number of alkyl halides is 1. The highest BCUT2D eigenvalue weighted by Crippen LogP contribution is 2.08. The molecule has 0 radical (unpaired) electrons. The maximum atomic E-state index is 11.0. The number of carbonyl (C=O) groups is 3. The molecule has 1 heterocycles. The summed E-state index contributed by atoms with van der Waals surface area (Å²) in [6.07, 6.45) is 0.924. The minimum absolute atomic E-state index is 0.374. The first-order chi connectivity index (χ1) is 6.02. The molecule has 13 heavy (non-hydrogen) atoms. The molecule has 1 aliphatic rings. The zero-order valence-corrected chi connectivity index (χ0v) is 7.45. The summed E-state index contributed by atoms with van der Waals surface area (Å²) in [7, 11) is 0. The number of hydrogen-bond acceptors (Lipinski definition) is 4. The van der Waals surface area contributed by atoms with E-state index in [1.807, 2.05) is 0 Å². The van der Waals surface area contributed by atoms with E-state index in [-0.39, 0.29) is 0 Å². The summed E-state index contributed by atoms with van der Waals surface area (Å²) in [5.41, 5.74) is -0.881. The van der Waals surface area contributed by atoms with Crippen LogP contribution in [0.2, 0.25) is 0 Å². The van der Waals surface area contributed by atoms with Gasteiger partial charge < -0.3 is 4.74 Å². The summed E-state index contributed by atoms with van der Waals surface area (Å²) in [6.45, 7) is 1.40. The van der Waals surface area contributed by atoms with E-state index in [9.17, 15) is 14.4 Å². The van der Waals surface area contributed by atoms with Crippen LogP contribution >= 0.6 is 11.6 Å². The van der Waals surface area contributed by atoms with Gasteiger partial charge in [-0.05, 0) is 6.92 Å². The number of rotatable bonds is 1. The number of imide groups is 3. The van der Waals surface area contributed by atoms with Crippen LogP contribution in [0.5, 0.6) is 0 Å². The summed E-state index contributed by atoms with van der Waals surface area (Å²) in [5.74, 6) is -1.43. The lowest BCUT2D eigenvalue weighted by atomic mass is 10.6. The smallest absolute Gasteiger partial charge is 0.425 e. The van der Waals surface area contributed by atoms with Crippen LogP contribution in [0.1, 0.15) is 6.92 Å². The van der Waals surface area contributed by atoms with Gasteiger partial charge in [0.1, 0.15) is 0 Å². The fourth-order valence-electron chi connectivity index (χ4n) is 0.772. The first kappa shape index (κ1) is 9.73. The van der Waals surface area contributed by atoms with Gasteiger partial charge in [0.25, 0.3) is 11.8 Å². The summed E-state index contributed by atoms with van der Waals surface area (Å²) in [4.78, 5) is 33.2. The first-order valence-electron chi connectivity index (χ1n) is 3.43. The largest absolute Gasteiger partial charge is 0.429 e. The van der Waals surface area contributed by atoms with Crippen LogP contribution in [0, 0.1) is 0 Å². The molecule has 70 valence electrons. The summed E-state index contributed by atoms with van der Waals surface area (Å²) >= 11 is 5.33. The van der Waals surface area contributed by atoms with Crippen LogP contribution in [-0.2, 0) is 14.3 Å². The van der Waals surface area contributed by atoms with Gasteiger partial charge >= 0.3 is 6.09 Å². The van der Waals surface area contributed by atoms with Crippen LogP contribution in [0.25, 0.3) is 0 Å². The number of hydrogen-bond donors (Lipinski definition) is 0. The molecule has 0 aromatic rings. The molecule has 0 spiro atoms. The Hall–Kier alpha value is -1.36. The molecule has 1 unspecified atom stereocenters. The molecule has 0 aromatic carbocycles. The first-order valence-corrected chi connectivity index (χ1v) is 3.87. The zero-order chi connectivity index (χ0) is 10.0. The highest BCUT2D eigenvalue weighted by molar-refractivity contribution is 6.23. The second-order valence-electron chi connectivity index (χ2n) is 2.27. The fraction of sp³-hybridized carbons (Fsp3) is 0.286. The molecule has 0 aromatic heterocycles. The molecule has 0 bridgehead atoms. The number of halogens is 1.